The molecule has 0 saturated heterocycles. The molecule has 0 unspecified atom stereocenters. The van der Waals surface area contributed by atoms with Crippen LogP contribution in [0.15, 0.2) is 42.5 Å². The number of rotatable bonds is 2. The maximum Gasteiger partial charge on any atom is 0.416 e. The van der Waals surface area contributed by atoms with Crippen LogP contribution in [0.25, 0.3) is 0 Å². The molecule has 7 heteroatoms. The van der Waals surface area contributed by atoms with Gasteiger partial charge in [0, 0.05) is 11.8 Å². The van der Waals surface area contributed by atoms with Crippen molar-refractivity contribution in [3.05, 3.63) is 53.6 Å². The predicted octanol–water partition coefficient (Wildman–Crippen LogP) is 3.90. The molecule has 0 radical (unpaired) electrons. The van der Waals surface area contributed by atoms with Crippen molar-refractivity contribution in [2.75, 3.05) is 5.32 Å². The highest BCUT2D eigenvalue weighted by molar-refractivity contribution is 7.81. The number of benzene rings is 2. The van der Waals surface area contributed by atoms with Crippen molar-refractivity contribution >= 4 is 22.9 Å². The van der Waals surface area contributed by atoms with Crippen LogP contribution in [-0.2, 0) is 6.18 Å². The van der Waals surface area contributed by atoms with Gasteiger partial charge < -0.3 is 15.5 Å². The molecular formula is C14H10F3NO2S. The molecule has 0 aliphatic rings. The first-order valence-electron chi connectivity index (χ1n) is 5.78. The largest absolute Gasteiger partial charge is 0.508 e. The molecule has 0 aliphatic carbocycles. The van der Waals surface area contributed by atoms with Gasteiger partial charge in [-0.25, -0.2) is 0 Å². The van der Waals surface area contributed by atoms with E-state index in [1.807, 2.05) is 0 Å². The predicted molar refractivity (Wildman–Crippen MR) is 76.5 cm³/mol. The van der Waals surface area contributed by atoms with Gasteiger partial charge in [-0.3, -0.25) is 0 Å². The van der Waals surface area contributed by atoms with Gasteiger partial charge in [0.25, 0.3) is 0 Å². The van der Waals surface area contributed by atoms with E-state index in [1.165, 1.54) is 24.3 Å². The van der Waals surface area contributed by atoms with Crippen LogP contribution < -0.4 is 5.32 Å². The lowest BCUT2D eigenvalue weighted by molar-refractivity contribution is -0.137. The average molecular weight is 313 g/mol. The highest BCUT2D eigenvalue weighted by Crippen LogP contribution is 2.31. The second-order valence-electron chi connectivity index (χ2n) is 4.23. The van der Waals surface area contributed by atoms with Gasteiger partial charge in [0.15, 0.2) is 0 Å². The lowest BCUT2D eigenvalue weighted by Crippen LogP contribution is -2.12. The number of thiocarbonyl (C=S) groups is 1. The first-order valence-corrected chi connectivity index (χ1v) is 6.19. The van der Waals surface area contributed by atoms with Crippen molar-refractivity contribution in [2.45, 2.75) is 6.18 Å². The summed E-state index contributed by atoms with van der Waals surface area (Å²) in [5.41, 5.74) is -0.437. The minimum absolute atomic E-state index is 0.0480. The van der Waals surface area contributed by atoms with Crippen molar-refractivity contribution < 1.29 is 23.4 Å². The molecule has 0 aliphatic heterocycles. The Morgan fingerprint density at radius 1 is 1.05 bits per heavy atom. The third kappa shape index (κ3) is 3.63. The van der Waals surface area contributed by atoms with Gasteiger partial charge in [-0.1, -0.05) is 18.3 Å². The zero-order valence-corrected chi connectivity index (χ0v) is 11.3. The Hall–Kier alpha value is -2.28. The van der Waals surface area contributed by atoms with Gasteiger partial charge >= 0.3 is 6.18 Å². The van der Waals surface area contributed by atoms with E-state index in [2.05, 4.69) is 5.32 Å². The third-order valence-electron chi connectivity index (χ3n) is 2.67. The molecule has 0 atom stereocenters. The minimum atomic E-state index is -4.44. The molecule has 0 fully saturated rings. The monoisotopic (exact) mass is 313 g/mol. The van der Waals surface area contributed by atoms with Gasteiger partial charge in [0.2, 0.25) is 0 Å². The number of hydrogen-bond acceptors (Lipinski definition) is 3. The molecule has 0 spiro atoms. The minimum Gasteiger partial charge on any atom is -0.508 e. The van der Waals surface area contributed by atoms with Crippen LogP contribution in [0.5, 0.6) is 11.5 Å². The number of anilines is 1. The number of aromatic hydroxyl groups is 2. The number of phenols is 2. The van der Waals surface area contributed by atoms with Gasteiger partial charge in [-0.05, 0) is 30.3 Å². The Kier molecular flexibility index (Phi) is 4.04. The summed E-state index contributed by atoms with van der Waals surface area (Å²) in [6, 6.07) is 8.33. The molecule has 0 bridgehead atoms. The summed E-state index contributed by atoms with van der Waals surface area (Å²) in [4.78, 5) is 0.0480. The molecule has 2 rings (SSSR count). The van der Waals surface area contributed by atoms with Crippen LogP contribution in [0.2, 0.25) is 0 Å². The number of phenolic OH excluding ortho intramolecular Hbond substituents is 2. The molecule has 3 nitrogen and oxygen atoms in total. The Balaban J connectivity index is 2.24. The van der Waals surface area contributed by atoms with E-state index in [0.29, 0.717) is 0 Å². The lowest BCUT2D eigenvalue weighted by Gasteiger charge is -2.12. The fourth-order valence-corrected chi connectivity index (χ4v) is 1.97. The van der Waals surface area contributed by atoms with Crippen molar-refractivity contribution in [1.82, 2.24) is 0 Å². The van der Waals surface area contributed by atoms with Crippen LogP contribution in [0.3, 0.4) is 0 Å². The fourth-order valence-electron chi connectivity index (χ4n) is 1.68. The molecule has 0 amide bonds. The number of alkyl halides is 3. The third-order valence-corrected chi connectivity index (χ3v) is 3.00. The van der Waals surface area contributed by atoms with E-state index in [9.17, 15) is 23.4 Å². The van der Waals surface area contributed by atoms with E-state index in [4.69, 9.17) is 12.2 Å². The van der Waals surface area contributed by atoms with Crippen LogP contribution in [0.4, 0.5) is 18.9 Å². The summed E-state index contributed by atoms with van der Waals surface area (Å²) in [5, 5.41) is 21.5. The van der Waals surface area contributed by atoms with E-state index < -0.39 is 11.7 Å². The van der Waals surface area contributed by atoms with Gasteiger partial charge in [0.1, 0.15) is 16.5 Å². The molecule has 21 heavy (non-hydrogen) atoms. The first-order chi connectivity index (χ1) is 9.77. The molecule has 0 saturated carbocycles. The zero-order valence-electron chi connectivity index (χ0n) is 10.5. The smallest absolute Gasteiger partial charge is 0.416 e. The van der Waals surface area contributed by atoms with E-state index >= 15 is 0 Å². The summed E-state index contributed by atoms with van der Waals surface area (Å²) in [6.45, 7) is 0. The van der Waals surface area contributed by atoms with E-state index in [1.54, 1.807) is 0 Å². The summed E-state index contributed by atoms with van der Waals surface area (Å²) in [7, 11) is 0. The summed E-state index contributed by atoms with van der Waals surface area (Å²) in [6.07, 6.45) is -4.44. The molecule has 2 aromatic carbocycles. The molecule has 0 aromatic heterocycles. The van der Waals surface area contributed by atoms with E-state index in [0.717, 1.165) is 18.2 Å². The second kappa shape index (κ2) is 5.61. The first kappa shape index (κ1) is 15.1. The highest BCUT2D eigenvalue weighted by Gasteiger charge is 2.30. The number of nitrogens with one attached hydrogen (secondary N) is 1. The van der Waals surface area contributed by atoms with Gasteiger partial charge in [0.05, 0.1) is 11.1 Å². The highest BCUT2D eigenvalue weighted by atomic mass is 32.1. The number of halogens is 3. The Morgan fingerprint density at radius 3 is 2.38 bits per heavy atom. The molecule has 3 N–H and O–H groups in total. The van der Waals surface area contributed by atoms with Crippen LogP contribution in [0.1, 0.15) is 11.1 Å². The van der Waals surface area contributed by atoms with Gasteiger partial charge in [-0.15, -0.1) is 0 Å². The Bertz CT molecular complexity index is 686. The standard InChI is InChI=1S/C14H10F3NO2S/c15-14(16,17)8-2-1-3-9(6-8)18-13(21)11-5-4-10(19)7-12(11)20/h1-7,19-20H,(H,18,21). The summed E-state index contributed by atoms with van der Waals surface area (Å²) < 4.78 is 37.8. The van der Waals surface area contributed by atoms with Crippen LogP contribution in [-0.4, -0.2) is 15.2 Å². The fraction of sp³-hybridized carbons (Fsp3) is 0.0714. The topological polar surface area (TPSA) is 52.5 Å². The maximum absolute atomic E-state index is 12.6. The van der Waals surface area contributed by atoms with Crippen LogP contribution in [0, 0.1) is 0 Å². The number of hydrogen-bond donors (Lipinski definition) is 3. The summed E-state index contributed by atoms with van der Waals surface area (Å²) >= 11 is 5.04. The Morgan fingerprint density at radius 2 is 1.76 bits per heavy atom. The van der Waals surface area contributed by atoms with Gasteiger partial charge in [-0.2, -0.15) is 13.2 Å². The molecule has 0 heterocycles. The lowest BCUT2D eigenvalue weighted by atomic mass is 10.1. The Labute approximate surface area is 123 Å². The van der Waals surface area contributed by atoms with Crippen molar-refractivity contribution in [3.8, 4) is 11.5 Å². The normalized spacial score (nSPS) is 11.2. The average Bonchev–Trinajstić information content (AvgIpc) is 2.37. The maximum atomic E-state index is 12.6. The van der Waals surface area contributed by atoms with Crippen LogP contribution >= 0.6 is 12.2 Å². The van der Waals surface area contributed by atoms with Crippen molar-refractivity contribution in [3.63, 3.8) is 0 Å². The zero-order chi connectivity index (χ0) is 15.6. The molecule has 110 valence electrons. The summed E-state index contributed by atoms with van der Waals surface area (Å²) in [5.74, 6) is -0.405. The van der Waals surface area contributed by atoms with E-state index in [-0.39, 0.29) is 27.7 Å². The quantitative estimate of drug-likeness (QED) is 0.736. The molecule has 2 aromatic rings. The molecular weight excluding hydrogens is 303 g/mol. The van der Waals surface area contributed by atoms with Crippen molar-refractivity contribution in [1.29, 1.82) is 0 Å². The second-order valence-corrected chi connectivity index (χ2v) is 4.64. The van der Waals surface area contributed by atoms with Crippen molar-refractivity contribution in [2.24, 2.45) is 0 Å². The SMILES string of the molecule is Oc1ccc(C(=S)Nc2cccc(C(F)(F)F)c2)c(O)c1.